The van der Waals surface area contributed by atoms with Crippen molar-refractivity contribution in [2.45, 2.75) is 12.8 Å². The molecule has 0 aliphatic heterocycles. The molecule has 1 aromatic rings. The van der Waals surface area contributed by atoms with Crippen LogP contribution in [0.1, 0.15) is 12.8 Å². The van der Waals surface area contributed by atoms with Gasteiger partial charge in [-0.2, -0.15) is 0 Å². The van der Waals surface area contributed by atoms with Gasteiger partial charge in [-0.25, -0.2) is 0 Å². The first kappa shape index (κ1) is 9.46. The standard InChI is InChI=1S/C11H17N3/c1-12-8-11(4-5-11)9-14-10-2-6-13-7-3-10/h2-3,6-7,12H,4-5,8-9H2,1H3,(H,13,14). The van der Waals surface area contributed by atoms with Crippen LogP contribution in [0.15, 0.2) is 24.5 Å². The molecule has 1 aliphatic carbocycles. The lowest BCUT2D eigenvalue weighted by Gasteiger charge is -2.15. The van der Waals surface area contributed by atoms with E-state index in [1.165, 1.54) is 18.5 Å². The van der Waals surface area contributed by atoms with Crippen LogP contribution < -0.4 is 10.6 Å². The highest BCUT2D eigenvalue weighted by Crippen LogP contribution is 2.44. The Morgan fingerprint density at radius 2 is 2.00 bits per heavy atom. The zero-order valence-corrected chi connectivity index (χ0v) is 8.59. The summed E-state index contributed by atoms with van der Waals surface area (Å²) < 4.78 is 0. The first-order valence-electron chi connectivity index (χ1n) is 5.13. The van der Waals surface area contributed by atoms with Crippen molar-refractivity contribution in [1.82, 2.24) is 10.3 Å². The van der Waals surface area contributed by atoms with Crippen LogP contribution in [0, 0.1) is 5.41 Å². The molecule has 1 saturated carbocycles. The second kappa shape index (κ2) is 3.96. The van der Waals surface area contributed by atoms with Crippen molar-refractivity contribution >= 4 is 5.69 Å². The third kappa shape index (κ3) is 2.23. The molecule has 2 rings (SSSR count). The number of anilines is 1. The SMILES string of the molecule is CNCC1(CNc2ccncc2)CC1. The van der Waals surface area contributed by atoms with Crippen molar-refractivity contribution in [3.8, 4) is 0 Å². The van der Waals surface area contributed by atoms with Gasteiger partial charge in [0.1, 0.15) is 0 Å². The average Bonchev–Trinajstić information content (AvgIpc) is 2.98. The van der Waals surface area contributed by atoms with Crippen LogP contribution in [-0.4, -0.2) is 25.1 Å². The van der Waals surface area contributed by atoms with E-state index in [9.17, 15) is 0 Å². The summed E-state index contributed by atoms with van der Waals surface area (Å²) in [4.78, 5) is 3.99. The van der Waals surface area contributed by atoms with E-state index in [2.05, 4.69) is 15.6 Å². The van der Waals surface area contributed by atoms with E-state index < -0.39 is 0 Å². The first-order chi connectivity index (χ1) is 6.85. The molecule has 76 valence electrons. The van der Waals surface area contributed by atoms with Crippen LogP contribution >= 0.6 is 0 Å². The van der Waals surface area contributed by atoms with E-state index >= 15 is 0 Å². The molecule has 0 radical (unpaired) electrons. The van der Waals surface area contributed by atoms with Crippen LogP contribution in [0.25, 0.3) is 0 Å². The van der Waals surface area contributed by atoms with Crippen molar-refractivity contribution in [1.29, 1.82) is 0 Å². The Morgan fingerprint density at radius 3 is 2.57 bits per heavy atom. The zero-order chi connectivity index (χ0) is 9.86. The van der Waals surface area contributed by atoms with Gasteiger partial charge in [-0.3, -0.25) is 4.98 Å². The number of hydrogen-bond acceptors (Lipinski definition) is 3. The van der Waals surface area contributed by atoms with Gasteiger partial charge in [-0.05, 0) is 32.0 Å². The maximum atomic E-state index is 3.99. The lowest BCUT2D eigenvalue weighted by atomic mass is 10.1. The molecule has 0 amide bonds. The van der Waals surface area contributed by atoms with Crippen molar-refractivity contribution in [3.05, 3.63) is 24.5 Å². The number of hydrogen-bond donors (Lipinski definition) is 2. The molecule has 0 spiro atoms. The van der Waals surface area contributed by atoms with Gasteiger partial charge < -0.3 is 10.6 Å². The molecule has 0 aromatic carbocycles. The Hall–Kier alpha value is -1.09. The zero-order valence-electron chi connectivity index (χ0n) is 8.59. The fraction of sp³-hybridized carbons (Fsp3) is 0.545. The molecule has 0 saturated heterocycles. The highest BCUT2D eigenvalue weighted by molar-refractivity contribution is 5.41. The molecule has 1 aliphatic rings. The molecular weight excluding hydrogens is 174 g/mol. The molecular formula is C11H17N3. The van der Waals surface area contributed by atoms with Crippen molar-refractivity contribution in [2.75, 3.05) is 25.5 Å². The van der Waals surface area contributed by atoms with Crippen LogP contribution in [0.2, 0.25) is 0 Å². The van der Waals surface area contributed by atoms with Crippen LogP contribution in [0.4, 0.5) is 5.69 Å². The predicted molar refractivity (Wildman–Crippen MR) is 58.3 cm³/mol. The molecule has 0 unspecified atom stereocenters. The van der Waals surface area contributed by atoms with Gasteiger partial charge in [-0.15, -0.1) is 0 Å². The topological polar surface area (TPSA) is 37.0 Å². The van der Waals surface area contributed by atoms with Crippen LogP contribution in [0.5, 0.6) is 0 Å². The fourth-order valence-corrected chi connectivity index (χ4v) is 1.73. The summed E-state index contributed by atoms with van der Waals surface area (Å²) >= 11 is 0. The maximum Gasteiger partial charge on any atom is 0.0371 e. The van der Waals surface area contributed by atoms with Gasteiger partial charge in [-0.1, -0.05) is 0 Å². The fourth-order valence-electron chi connectivity index (χ4n) is 1.73. The lowest BCUT2D eigenvalue weighted by Crippen LogP contribution is -2.26. The van der Waals surface area contributed by atoms with Gasteiger partial charge in [0, 0.05) is 36.6 Å². The summed E-state index contributed by atoms with van der Waals surface area (Å²) in [5.41, 5.74) is 1.68. The highest BCUT2D eigenvalue weighted by atomic mass is 14.9. The van der Waals surface area contributed by atoms with E-state index in [1.54, 1.807) is 0 Å². The van der Waals surface area contributed by atoms with Gasteiger partial charge >= 0.3 is 0 Å². The summed E-state index contributed by atoms with van der Waals surface area (Å²) in [5.74, 6) is 0. The average molecular weight is 191 g/mol. The number of pyridine rings is 1. The van der Waals surface area contributed by atoms with Crippen molar-refractivity contribution in [3.63, 3.8) is 0 Å². The number of nitrogens with zero attached hydrogens (tertiary/aromatic N) is 1. The first-order valence-corrected chi connectivity index (χ1v) is 5.13. The Labute approximate surface area is 84.9 Å². The molecule has 2 N–H and O–H groups in total. The molecule has 1 heterocycles. The van der Waals surface area contributed by atoms with E-state index in [0.717, 1.165) is 13.1 Å². The second-order valence-corrected chi connectivity index (χ2v) is 4.12. The molecule has 14 heavy (non-hydrogen) atoms. The van der Waals surface area contributed by atoms with E-state index in [4.69, 9.17) is 0 Å². The summed E-state index contributed by atoms with van der Waals surface area (Å²) in [6, 6.07) is 4.02. The van der Waals surface area contributed by atoms with E-state index in [-0.39, 0.29) is 0 Å². The van der Waals surface area contributed by atoms with E-state index in [0.29, 0.717) is 5.41 Å². The van der Waals surface area contributed by atoms with Crippen molar-refractivity contribution < 1.29 is 0 Å². The Bertz CT molecular complexity index is 280. The molecule has 3 heteroatoms. The van der Waals surface area contributed by atoms with Gasteiger partial charge in [0.05, 0.1) is 0 Å². The highest BCUT2D eigenvalue weighted by Gasteiger charge is 2.41. The van der Waals surface area contributed by atoms with Gasteiger partial charge in [0.15, 0.2) is 0 Å². The summed E-state index contributed by atoms with van der Waals surface area (Å²) in [6.45, 7) is 2.18. The Balaban J connectivity index is 1.83. The quantitative estimate of drug-likeness (QED) is 0.740. The number of rotatable bonds is 5. The van der Waals surface area contributed by atoms with Gasteiger partial charge in [0.2, 0.25) is 0 Å². The molecule has 0 atom stereocenters. The van der Waals surface area contributed by atoms with Crippen molar-refractivity contribution in [2.24, 2.45) is 5.41 Å². The largest absolute Gasteiger partial charge is 0.384 e. The minimum atomic E-state index is 0.512. The molecule has 1 fully saturated rings. The third-order valence-corrected chi connectivity index (χ3v) is 2.86. The minimum absolute atomic E-state index is 0.512. The predicted octanol–water partition coefficient (Wildman–Crippen LogP) is 1.49. The molecule has 0 bridgehead atoms. The Morgan fingerprint density at radius 1 is 1.29 bits per heavy atom. The lowest BCUT2D eigenvalue weighted by molar-refractivity contribution is 0.507. The van der Waals surface area contributed by atoms with Crippen LogP contribution in [-0.2, 0) is 0 Å². The smallest absolute Gasteiger partial charge is 0.0371 e. The number of nitrogens with one attached hydrogen (secondary N) is 2. The van der Waals surface area contributed by atoms with E-state index in [1.807, 2.05) is 31.6 Å². The normalized spacial score (nSPS) is 17.8. The summed E-state index contributed by atoms with van der Waals surface area (Å²) in [7, 11) is 2.02. The third-order valence-electron chi connectivity index (χ3n) is 2.86. The number of aromatic nitrogens is 1. The monoisotopic (exact) mass is 191 g/mol. The molecule has 1 aromatic heterocycles. The van der Waals surface area contributed by atoms with Gasteiger partial charge in [0.25, 0.3) is 0 Å². The summed E-state index contributed by atoms with van der Waals surface area (Å²) in [5, 5.41) is 6.71. The molecule has 3 nitrogen and oxygen atoms in total. The summed E-state index contributed by atoms with van der Waals surface area (Å²) in [6.07, 6.45) is 6.32. The Kier molecular flexibility index (Phi) is 2.68. The van der Waals surface area contributed by atoms with Crippen LogP contribution in [0.3, 0.4) is 0 Å². The maximum absolute atomic E-state index is 3.99. The second-order valence-electron chi connectivity index (χ2n) is 4.12. The minimum Gasteiger partial charge on any atom is -0.384 e.